The van der Waals surface area contributed by atoms with E-state index in [1.165, 1.54) is 0 Å². The van der Waals surface area contributed by atoms with E-state index in [2.05, 4.69) is 27.4 Å². The second-order valence-electron chi connectivity index (χ2n) is 7.51. The van der Waals surface area contributed by atoms with Crippen molar-refractivity contribution in [3.8, 4) is 0 Å². The summed E-state index contributed by atoms with van der Waals surface area (Å²) in [6, 6.07) is 15.4. The zero-order valence-corrected chi connectivity index (χ0v) is 17.1. The number of rotatable bonds is 5. The number of fused-ring (bicyclic) bond motifs is 1. The molecule has 0 bridgehead atoms. The van der Waals surface area contributed by atoms with Crippen LogP contribution in [0.25, 0.3) is 11.0 Å². The van der Waals surface area contributed by atoms with E-state index in [9.17, 15) is 8.42 Å². The van der Waals surface area contributed by atoms with Crippen molar-refractivity contribution in [2.45, 2.75) is 50.6 Å². The van der Waals surface area contributed by atoms with E-state index in [1.54, 1.807) is 12.1 Å². The Kier molecular flexibility index (Phi) is 5.23. The molecule has 0 radical (unpaired) electrons. The van der Waals surface area contributed by atoms with Gasteiger partial charge in [0.25, 0.3) is 10.0 Å². The molecule has 1 aliphatic heterocycles. The van der Waals surface area contributed by atoms with Gasteiger partial charge in [0, 0.05) is 19.1 Å². The van der Waals surface area contributed by atoms with Crippen LogP contribution in [0.2, 0.25) is 0 Å². The van der Waals surface area contributed by atoms with Crippen molar-refractivity contribution in [1.29, 1.82) is 0 Å². The normalized spacial score (nSPS) is 18.6. The predicted molar refractivity (Wildman–Crippen MR) is 110 cm³/mol. The molecule has 4 rings (SSSR count). The third-order valence-electron chi connectivity index (χ3n) is 5.46. The fourth-order valence-electron chi connectivity index (χ4n) is 3.79. The van der Waals surface area contributed by atoms with Crippen LogP contribution in [0.4, 0.5) is 0 Å². The molecular formula is C21H26N4O2S. The fraction of sp³-hybridized carbons (Fsp3) is 0.381. The van der Waals surface area contributed by atoms with Crippen molar-refractivity contribution in [2.24, 2.45) is 0 Å². The molecule has 6 nitrogen and oxygen atoms in total. The third-order valence-corrected chi connectivity index (χ3v) is 6.83. The molecule has 2 heterocycles. The van der Waals surface area contributed by atoms with Crippen molar-refractivity contribution in [2.75, 3.05) is 6.54 Å². The maximum atomic E-state index is 12.7. The van der Waals surface area contributed by atoms with Crippen LogP contribution in [0, 0.1) is 6.92 Å². The van der Waals surface area contributed by atoms with Gasteiger partial charge in [-0.25, -0.2) is 18.4 Å². The summed E-state index contributed by atoms with van der Waals surface area (Å²) >= 11 is 0. The number of nitrogens with zero attached hydrogens (tertiary/aromatic N) is 3. The van der Waals surface area contributed by atoms with Gasteiger partial charge in [0.2, 0.25) is 0 Å². The summed E-state index contributed by atoms with van der Waals surface area (Å²) in [7, 11) is -3.56. The largest absolute Gasteiger partial charge is 0.324 e. The van der Waals surface area contributed by atoms with Crippen molar-refractivity contribution in [3.63, 3.8) is 0 Å². The number of piperidine rings is 1. The average Bonchev–Trinajstić information content (AvgIpc) is 2.99. The van der Waals surface area contributed by atoms with Crippen LogP contribution < -0.4 is 4.83 Å². The molecule has 0 saturated carbocycles. The number of hydrogen-bond donors (Lipinski definition) is 1. The molecule has 2 aromatic carbocycles. The van der Waals surface area contributed by atoms with Crippen LogP contribution in [-0.4, -0.2) is 35.6 Å². The van der Waals surface area contributed by atoms with Gasteiger partial charge in [0.1, 0.15) is 5.82 Å². The van der Waals surface area contributed by atoms with E-state index >= 15 is 0 Å². The van der Waals surface area contributed by atoms with E-state index in [0.29, 0.717) is 11.4 Å². The fourth-order valence-corrected chi connectivity index (χ4v) is 4.97. The van der Waals surface area contributed by atoms with Gasteiger partial charge < -0.3 is 4.57 Å². The summed E-state index contributed by atoms with van der Waals surface area (Å²) in [5.74, 6) is 0.943. The first-order chi connectivity index (χ1) is 13.4. The van der Waals surface area contributed by atoms with Crippen molar-refractivity contribution >= 4 is 21.1 Å². The number of para-hydroxylation sites is 2. The molecule has 1 fully saturated rings. The summed E-state index contributed by atoms with van der Waals surface area (Å²) in [4.78, 5) is 7.63. The van der Waals surface area contributed by atoms with Gasteiger partial charge in [-0.2, -0.15) is 0 Å². The number of hydrogen-bond acceptors (Lipinski definition) is 4. The van der Waals surface area contributed by atoms with E-state index in [1.807, 2.05) is 42.3 Å². The SMILES string of the molecule is Cc1nc2ccccc2n1Cc1ccc(S(=O)(=O)NN2CCCCC2C)cc1. The first-order valence-electron chi connectivity index (χ1n) is 9.74. The van der Waals surface area contributed by atoms with Crippen LogP contribution in [0.3, 0.4) is 0 Å². The minimum atomic E-state index is -3.56. The second-order valence-corrected chi connectivity index (χ2v) is 9.17. The molecule has 1 atom stereocenters. The highest BCUT2D eigenvalue weighted by molar-refractivity contribution is 7.89. The monoisotopic (exact) mass is 398 g/mol. The average molecular weight is 399 g/mol. The molecule has 1 aliphatic rings. The smallest absolute Gasteiger partial charge is 0.253 e. The van der Waals surface area contributed by atoms with E-state index in [-0.39, 0.29) is 6.04 Å². The Morgan fingerprint density at radius 1 is 1.11 bits per heavy atom. The number of nitrogens with one attached hydrogen (secondary N) is 1. The molecule has 7 heteroatoms. The van der Waals surface area contributed by atoms with Crippen molar-refractivity contribution in [3.05, 3.63) is 59.9 Å². The molecule has 1 N–H and O–H groups in total. The molecule has 148 valence electrons. The standard InChI is InChI=1S/C21H26N4O2S/c1-16-7-5-6-14-25(16)23-28(26,27)19-12-10-18(11-13-19)15-24-17(2)22-20-8-3-4-9-21(20)24/h3-4,8-13,16,23H,5-7,14-15H2,1-2H3. The summed E-state index contributed by atoms with van der Waals surface area (Å²) in [6.07, 6.45) is 3.18. The highest BCUT2D eigenvalue weighted by atomic mass is 32.2. The summed E-state index contributed by atoms with van der Waals surface area (Å²) in [5, 5.41) is 1.84. The molecule has 0 aliphatic carbocycles. The van der Waals surface area contributed by atoms with E-state index < -0.39 is 10.0 Å². The van der Waals surface area contributed by atoms with Crippen LogP contribution in [-0.2, 0) is 16.6 Å². The Morgan fingerprint density at radius 3 is 2.61 bits per heavy atom. The van der Waals surface area contributed by atoms with Gasteiger partial charge in [-0.1, -0.05) is 30.7 Å². The van der Waals surface area contributed by atoms with Crippen molar-refractivity contribution < 1.29 is 8.42 Å². The number of aryl methyl sites for hydroxylation is 1. The van der Waals surface area contributed by atoms with Gasteiger partial charge in [0.15, 0.2) is 0 Å². The highest BCUT2D eigenvalue weighted by Crippen LogP contribution is 2.20. The van der Waals surface area contributed by atoms with Crippen LogP contribution in [0.15, 0.2) is 53.4 Å². The number of sulfonamides is 1. The zero-order chi connectivity index (χ0) is 19.7. The Morgan fingerprint density at radius 2 is 1.86 bits per heavy atom. The van der Waals surface area contributed by atoms with Gasteiger partial charge >= 0.3 is 0 Å². The van der Waals surface area contributed by atoms with Crippen LogP contribution in [0.5, 0.6) is 0 Å². The molecule has 28 heavy (non-hydrogen) atoms. The van der Waals surface area contributed by atoms with Gasteiger partial charge in [0.05, 0.1) is 15.9 Å². The van der Waals surface area contributed by atoms with Gasteiger partial charge in [-0.15, -0.1) is 4.83 Å². The summed E-state index contributed by atoms with van der Waals surface area (Å²) in [6.45, 7) is 5.46. The predicted octanol–water partition coefficient (Wildman–Crippen LogP) is 3.46. The molecule has 1 saturated heterocycles. The van der Waals surface area contributed by atoms with E-state index in [4.69, 9.17) is 0 Å². The quantitative estimate of drug-likeness (QED) is 0.715. The lowest BCUT2D eigenvalue weighted by molar-refractivity contribution is 0.134. The number of hydrazine groups is 1. The summed E-state index contributed by atoms with van der Waals surface area (Å²) < 4.78 is 27.6. The number of benzene rings is 2. The van der Waals surface area contributed by atoms with Crippen molar-refractivity contribution in [1.82, 2.24) is 19.4 Å². The molecule has 0 spiro atoms. The maximum Gasteiger partial charge on any atom is 0.253 e. The number of aromatic nitrogens is 2. The second kappa shape index (κ2) is 7.66. The van der Waals surface area contributed by atoms with E-state index in [0.717, 1.165) is 48.2 Å². The first-order valence-corrected chi connectivity index (χ1v) is 11.2. The minimum absolute atomic E-state index is 0.222. The van der Waals surface area contributed by atoms with Crippen LogP contribution in [0.1, 0.15) is 37.6 Å². The summed E-state index contributed by atoms with van der Waals surface area (Å²) in [5.41, 5.74) is 3.09. The minimum Gasteiger partial charge on any atom is -0.324 e. The Bertz CT molecular complexity index is 1070. The van der Waals surface area contributed by atoms with Crippen LogP contribution >= 0.6 is 0 Å². The third kappa shape index (κ3) is 3.83. The first kappa shape index (κ1) is 19.1. The lowest BCUT2D eigenvalue weighted by Crippen LogP contribution is -2.49. The van der Waals surface area contributed by atoms with Gasteiger partial charge in [-0.05, 0) is 56.5 Å². The molecule has 0 amide bonds. The lowest BCUT2D eigenvalue weighted by atomic mass is 10.1. The number of imidazole rings is 1. The Balaban J connectivity index is 1.52. The highest BCUT2D eigenvalue weighted by Gasteiger charge is 2.24. The Labute approximate surface area is 166 Å². The lowest BCUT2D eigenvalue weighted by Gasteiger charge is -2.32. The molecular weight excluding hydrogens is 372 g/mol. The maximum absolute atomic E-state index is 12.7. The molecule has 3 aromatic rings. The zero-order valence-electron chi connectivity index (χ0n) is 16.3. The molecule has 1 aromatic heterocycles. The Hall–Kier alpha value is -2.22. The van der Waals surface area contributed by atoms with Gasteiger partial charge in [-0.3, -0.25) is 0 Å². The topological polar surface area (TPSA) is 67.2 Å². The molecule has 1 unspecified atom stereocenters.